The van der Waals surface area contributed by atoms with Crippen molar-refractivity contribution in [3.8, 4) is 5.75 Å². The van der Waals surface area contributed by atoms with Gasteiger partial charge in [0, 0.05) is 26.3 Å². The number of aliphatic hydroxyl groups is 3. The zero-order valence-electron chi connectivity index (χ0n) is 23.9. The zero-order valence-corrected chi connectivity index (χ0v) is 23.9. The van der Waals surface area contributed by atoms with Crippen LogP contribution in [0.3, 0.4) is 0 Å². The highest BCUT2D eigenvalue weighted by atomic mass is 16.5. The lowest BCUT2D eigenvalue weighted by Crippen LogP contribution is -2.46. The van der Waals surface area contributed by atoms with Gasteiger partial charge in [-0.3, -0.25) is 4.79 Å². The SMILES string of the molecule is CCCC(O)CC1CCC(C)CCCCC(=O)N(C)C(Cc2ccc(OCC(O)C(C)(C)O)cc2)C(=O)O1. The summed E-state index contributed by atoms with van der Waals surface area (Å²) in [5.74, 6) is 0.462. The fraction of sp³-hybridized carbons (Fsp3) is 0.733. The quantitative estimate of drug-likeness (QED) is 0.388. The number of aliphatic hydroxyl groups excluding tert-OH is 2. The first-order chi connectivity index (χ1) is 17.9. The number of benzene rings is 1. The molecule has 38 heavy (non-hydrogen) atoms. The van der Waals surface area contributed by atoms with Crippen molar-refractivity contribution in [3.63, 3.8) is 0 Å². The second kappa shape index (κ2) is 15.4. The molecule has 1 aromatic rings. The molecule has 5 unspecified atom stereocenters. The molecule has 1 heterocycles. The first kappa shape index (κ1) is 32.1. The molecule has 2 rings (SSSR count). The van der Waals surface area contributed by atoms with Crippen molar-refractivity contribution in [2.45, 2.75) is 122 Å². The summed E-state index contributed by atoms with van der Waals surface area (Å²) in [6.07, 6.45) is 5.03. The second-order valence-corrected chi connectivity index (χ2v) is 11.5. The van der Waals surface area contributed by atoms with Crippen LogP contribution in [0.2, 0.25) is 0 Å². The molecular formula is C30H49NO7. The van der Waals surface area contributed by atoms with E-state index in [1.165, 1.54) is 18.7 Å². The van der Waals surface area contributed by atoms with E-state index in [2.05, 4.69) is 6.92 Å². The molecule has 216 valence electrons. The molecule has 1 aromatic carbocycles. The molecule has 3 N–H and O–H groups in total. The fourth-order valence-corrected chi connectivity index (χ4v) is 4.66. The predicted molar refractivity (Wildman–Crippen MR) is 147 cm³/mol. The second-order valence-electron chi connectivity index (χ2n) is 11.5. The van der Waals surface area contributed by atoms with Crippen molar-refractivity contribution in [1.29, 1.82) is 0 Å². The smallest absolute Gasteiger partial charge is 0.329 e. The maximum atomic E-state index is 13.5. The van der Waals surface area contributed by atoms with Gasteiger partial charge < -0.3 is 29.7 Å². The summed E-state index contributed by atoms with van der Waals surface area (Å²) in [6, 6.07) is 6.34. The third kappa shape index (κ3) is 10.9. The monoisotopic (exact) mass is 535 g/mol. The van der Waals surface area contributed by atoms with E-state index >= 15 is 0 Å². The minimum absolute atomic E-state index is 0.0566. The molecule has 8 nitrogen and oxygen atoms in total. The Bertz CT molecular complexity index is 851. The van der Waals surface area contributed by atoms with Crippen molar-refractivity contribution in [1.82, 2.24) is 4.90 Å². The van der Waals surface area contributed by atoms with Crippen LogP contribution in [-0.4, -0.2) is 75.7 Å². The first-order valence-electron chi connectivity index (χ1n) is 14.2. The summed E-state index contributed by atoms with van der Waals surface area (Å²) in [4.78, 5) is 28.0. The summed E-state index contributed by atoms with van der Waals surface area (Å²) in [5.41, 5.74) is -0.436. The average Bonchev–Trinajstić information content (AvgIpc) is 2.86. The van der Waals surface area contributed by atoms with E-state index in [4.69, 9.17) is 9.47 Å². The number of likely N-dealkylation sites (N-methyl/N-ethyl adjacent to an activating group) is 1. The van der Waals surface area contributed by atoms with E-state index in [0.717, 1.165) is 37.7 Å². The Morgan fingerprint density at radius 2 is 1.79 bits per heavy atom. The van der Waals surface area contributed by atoms with Gasteiger partial charge in [0.05, 0.1) is 11.7 Å². The van der Waals surface area contributed by atoms with Crippen molar-refractivity contribution < 1.29 is 34.4 Å². The van der Waals surface area contributed by atoms with Gasteiger partial charge in [-0.25, -0.2) is 4.79 Å². The molecule has 0 saturated carbocycles. The maximum Gasteiger partial charge on any atom is 0.329 e. The van der Waals surface area contributed by atoms with Gasteiger partial charge in [0.2, 0.25) is 5.91 Å². The van der Waals surface area contributed by atoms with Gasteiger partial charge in [-0.05, 0) is 63.1 Å². The summed E-state index contributed by atoms with van der Waals surface area (Å²) >= 11 is 0. The van der Waals surface area contributed by atoms with Crippen molar-refractivity contribution >= 4 is 11.9 Å². The lowest BCUT2D eigenvalue weighted by molar-refractivity contribution is -0.160. The molecule has 0 aromatic heterocycles. The van der Waals surface area contributed by atoms with Gasteiger partial charge in [-0.1, -0.05) is 45.2 Å². The Hall–Kier alpha value is -2.16. The number of nitrogens with zero attached hydrogens (tertiary/aromatic N) is 1. The molecule has 0 bridgehead atoms. The van der Waals surface area contributed by atoms with Crippen molar-refractivity contribution in [3.05, 3.63) is 29.8 Å². The topological polar surface area (TPSA) is 117 Å². The third-order valence-electron chi connectivity index (χ3n) is 7.47. The van der Waals surface area contributed by atoms with Gasteiger partial charge in [-0.15, -0.1) is 0 Å². The van der Waals surface area contributed by atoms with Crippen molar-refractivity contribution in [2.75, 3.05) is 13.7 Å². The van der Waals surface area contributed by atoms with Crippen LogP contribution in [0.1, 0.15) is 91.0 Å². The highest BCUT2D eigenvalue weighted by molar-refractivity contribution is 5.84. The molecule has 1 fully saturated rings. The van der Waals surface area contributed by atoms with E-state index in [1.54, 1.807) is 19.2 Å². The Kier molecular flexibility index (Phi) is 13.0. The Balaban J connectivity index is 2.18. The fourth-order valence-electron chi connectivity index (χ4n) is 4.66. The van der Waals surface area contributed by atoms with Crippen LogP contribution < -0.4 is 4.74 Å². The number of esters is 1. The van der Waals surface area contributed by atoms with Gasteiger partial charge >= 0.3 is 5.97 Å². The van der Waals surface area contributed by atoms with Crippen LogP contribution in [0, 0.1) is 5.92 Å². The molecule has 1 saturated heterocycles. The number of carbonyl (C=O) groups is 2. The highest BCUT2D eigenvalue weighted by Gasteiger charge is 2.31. The van der Waals surface area contributed by atoms with E-state index < -0.39 is 35.9 Å². The number of ether oxygens (including phenoxy) is 2. The molecule has 0 aliphatic carbocycles. The average molecular weight is 536 g/mol. The number of carbonyl (C=O) groups excluding carboxylic acids is 2. The lowest BCUT2D eigenvalue weighted by Gasteiger charge is -2.29. The zero-order chi connectivity index (χ0) is 28.3. The summed E-state index contributed by atoms with van der Waals surface area (Å²) in [6.45, 7) is 7.18. The lowest BCUT2D eigenvalue weighted by atomic mass is 9.94. The molecule has 1 amide bonds. The van der Waals surface area contributed by atoms with Crippen LogP contribution in [-0.2, 0) is 20.7 Å². The van der Waals surface area contributed by atoms with E-state index in [-0.39, 0.29) is 18.9 Å². The van der Waals surface area contributed by atoms with Crippen LogP contribution >= 0.6 is 0 Å². The van der Waals surface area contributed by atoms with E-state index in [9.17, 15) is 24.9 Å². The number of hydrogen-bond acceptors (Lipinski definition) is 7. The minimum Gasteiger partial charge on any atom is -0.491 e. The molecule has 0 spiro atoms. The molecule has 1 aliphatic heterocycles. The first-order valence-corrected chi connectivity index (χ1v) is 14.2. The van der Waals surface area contributed by atoms with Crippen LogP contribution in [0.15, 0.2) is 24.3 Å². The molecule has 0 radical (unpaired) electrons. The van der Waals surface area contributed by atoms with Crippen LogP contribution in [0.5, 0.6) is 5.75 Å². The molecular weight excluding hydrogens is 486 g/mol. The highest BCUT2D eigenvalue weighted by Crippen LogP contribution is 2.24. The largest absolute Gasteiger partial charge is 0.491 e. The normalized spacial score (nSPS) is 24.0. The predicted octanol–water partition coefficient (Wildman–Crippen LogP) is 4.02. The Morgan fingerprint density at radius 1 is 1.11 bits per heavy atom. The van der Waals surface area contributed by atoms with Crippen molar-refractivity contribution in [2.24, 2.45) is 5.92 Å². The Labute approximate surface area is 228 Å². The van der Waals surface area contributed by atoms with Crippen LogP contribution in [0.25, 0.3) is 0 Å². The molecule has 1 aliphatic rings. The number of cyclic esters (lactones) is 1. The molecule has 5 atom stereocenters. The Morgan fingerprint density at radius 3 is 2.42 bits per heavy atom. The standard InChI is InChI=1S/C30H49NO7/c1-6-9-23(32)19-25-15-12-21(2)10-7-8-11-28(34)31(5)26(29(35)38-25)18-22-13-16-24(17-14-22)37-20-27(33)30(3,4)36/h13-14,16-17,21,23,25-27,32-33,36H,6-12,15,18-20H2,1-5H3. The van der Waals surface area contributed by atoms with Gasteiger partial charge in [0.1, 0.15) is 30.6 Å². The number of rotatable bonds is 10. The summed E-state index contributed by atoms with van der Waals surface area (Å²) in [7, 11) is 1.66. The number of hydrogen-bond donors (Lipinski definition) is 3. The van der Waals surface area contributed by atoms with Crippen LogP contribution in [0.4, 0.5) is 0 Å². The summed E-state index contributed by atoms with van der Waals surface area (Å²) < 4.78 is 11.6. The van der Waals surface area contributed by atoms with Gasteiger partial charge in [0.25, 0.3) is 0 Å². The maximum absolute atomic E-state index is 13.5. The van der Waals surface area contributed by atoms with Gasteiger partial charge in [0.15, 0.2) is 0 Å². The van der Waals surface area contributed by atoms with E-state index in [1.807, 2.05) is 19.1 Å². The summed E-state index contributed by atoms with van der Waals surface area (Å²) in [5, 5.41) is 30.3. The molecule has 8 heteroatoms. The number of amides is 1. The third-order valence-corrected chi connectivity index (χ3v) is 7.47. The minimum atomic E-state index is -1.27. The van der Waals surface area contributed by atoms with Gasteiger partial charge in [-0.2, -0.15) is 0 Å². The van der Waals surface area contributed by atoms with E-state index in [0.29, 0.717) is 37.4 Å².